The fourth-order valence-electron chi connectivity index (χ4n) is 2.94. The molecule has 0 unspecified atom stereocenters. The summed E-state index contributed by atoms with van der Waals surface area (Å²) >= 11 is 0. The first-order valence-corrected chi connectivity index (χ1v) is 8.14. The van der Waals surface area contributed by atoms with Crippen molar-refractivity contribution in [3.63, 3.8) is 0 Å². The molecule has 24 heavy (non-hydrogen) atoms. The molecular formula is C18H23N3O3. The Kier molecular flexibility index (Phi) is 5.74. The molecule has 1 N–H and O–H groups in total. The van der Waals surface area contributed by atoms with Gasteiger partial charge in [-0.1, -0.05) is 18.2 Å². The molecule has 0 radical (unpaired) electrons. The number of para-hydroxylation sites is 1. The van der Waals surface area contributed by atoms with Crippen molar-refractivity contribution in [2.75, 3.05) is 26.8 Å². The maximum Gasteiger partial charge on any atom is 0.124 e. The van der Waals surface area contributed by atoms with E-state index in [4.69, 9.17) is 9.47 Å². The standard InChI is InChI=1S/C18H23N3O3/c1-23-18-5-3-2-4-15(18)11-24-12-16(22)9-21-7-6-14-8-19-13-20-17(14)10-21/h2-5,8,13,16,22H,6-7,9-12H2,1H3/t16-/m1/s1. The Labute approximate surface area is 142 Å². The molecule has 1 atom stereocenters. The van der Waals surface area contributed by atoms with Crippen LogP contribution in [0.15, 0.2) is 36.8 Å². The first-order chi connectivity index (χ1) is 11.8. The van der Waals surface area contributed by atoms with Crippen LogP contribution in [-0.4, -0.2) is 52.9 Å². The first-order valence-electron chi connectivity index (χ1n) is 8.14. The van der Waals surface area contributed by atoms with Gasteiger partial charge < -0.3 is 14.6 Å². The Morgan fingerprint density at radius 1 is 1.33 bits per heavy atom. The lowest BCUT2D eigenvalue weighted by Gasteiger charge is -2.29. The zero-order valence-electron chi connectivity index (χ0n) is 13.9. The van der Waals surface area contributed by atoms with Gasteiger partial charge in [-0.05, 0) is 18.1 Å². The van der Waals surface area contributed by atoms with Gasteiger partial charge in [-0.25, -0.2) is 9.97 Å². The number of β-amino-alcohol motifs (C(OH)–C–C–N with tert-alkyl or cyclic N) is 1. The molecule has 1 aromatic heterocycles. The summed E-state index contributed by atoms with van der Waals surface area (Å²) in [6.07, 6.45) is 3.86. The minimum atomic E-state index is -0.525. The molecule has 0 fully saturated rings. The summed E-state index contributed by atoms with van der Waals surface area (Å²) in [5.41, 5.74) is 3.24. The molecular weight excluding hydrogens is 306 g/mol. The number of aromatic nitrogens is 2. The molecule has 1 aromatic carbocycles. The molecule has 6 nitrogen and oxygen atoms in total. The van der Waals surface area contributed by atoms with Crippen LogP contribution < -0.4 is 4.74 Å². The summed E-state index contributed by atoms with van der Waals surface area (Å²) in [7, 11) is 1.64. The third kappa shape index (κ3) is 4.29. The highest BCUT2D eigenvalue weighted by atomic mass is 16.5. The monoisotopic (exact) mass is 329 g/mol. The zero-order chi connectivity index (χ0) is 16.8. The minimum absolute atomic E-state index is 0.297. The van der Waals surface area contributed by atoms with Crippen molar-refractivity contribution in [1.29, 1.82) is 0 Å². The van der Waals surface area contributed by atoms with Gasteiger partial charge >= 0.3 is 0 Å². The van der Waals surface area contributed by atoms with Crippen molar-refractivity contribution in [1.82, 2.24) is 14.9 Å². The summed E-state index contributed by atoms with van der Waals surface area (Å²) in [6, 6.07) is 7.74. The van der Waals surface area contributed by atoms with E-state index in [1.807, 2.05) is 30.5 Å². The van der Waals surface area contributed by atoms with Gasteiger partial charge in [0.05, 0.1) is 32.1 Å². The van der Waals surface area contributed by atoms with Crippen LogP contribution in [0.1, 0.15) is 16.8 Å². The van der Waals surface area contributed by atoms with Gasteiger partial charge in [0.2, 0.25) is 0 Å². The van der Waals surface area contributed by atoms with Gasteiger partial charge in [0.1, 0.15) is 12.1 Å². The highest BCUT2D eigenvalue weighted by Gasteiger charge is 2.19. The second-order valence-corrected chi connectivity index (χ2v) is 5.96. The number of ether oxygens (including phenoxy) is 2. The average molecular weight is 329 g/mol. The molecule has 0 spiro atoms. The van der Waals surface area contributed by atoms with Crippen LogP contribution in [-0.2, 0) is 24.3 Å². The Morgan fingerprint density at radius 3 is 3.08 bits per heavy atom. The normalized spacial score (nSPS) is 15.8. The molecule has 2 heterocycles. The van der Waals surface area contributed by atoms with E-state index in [0.29, 0.717) is 19.8 Å². The number of nitrogens with zero attached hydrogens (tertiary/aromatic N) is 3. The predicted octanol–water partition coefficient (Wildman–Crippen LogP) is 1.42. The SMILES string of the molecule is COc1ccccc1COC[C@H](O)CN1CCc2cncnc2C1. The fraction of sp³-hybridized carbons (Fsp3) is 0.444. The lowest BCUT2D eigenvalue weighted by Crippen LogP contribution is -2.38. The van der Waals surface area contributed by atoms with E-state index in [-0.39, 0.29) is 0 Å². The van der Waals surface area contributed by atoms with Gasteiger partial charge in [-0.2, -0.15) is 0 Å². The maximum atomic E-state index is 10.2. The number of methoxy groups -OCH3 is 1. The van der Waals surface area contributed by atoms with Gasteiger partial charge in [0.15, 0.2) is 0 Å². The third-order valence-corrected chi connectivity index (χ3v) is 4.18. The smallest absolute Gasteiger partial charge is 0.124 e. The molecule has 1 aliphatic rings. The van der Waals surface area contributed by atoms with E-state index in [1.54, 1.807) is 13.4 Å². The number of hydrogen-bond donors (Lipinski definition) is 1. The summed E-state index contributed by atoms with van der Waals surface area (Å²) in [6.45, 7) is 2.96. The molecule has 2 aromatic rings. The van der Waals surface area contributed by atoms with Gasteiger partial charge in [0, 0.05) is 31.4 Å². The van der Waals surface area contributed by atoms with Gasteiger partial charge in [-0.15, -0.1) is 0 Å². The second-order valence-electron chi connectivity index (χ2n) is 5.96. The number of aliphatic hydroxyl groups excluding tert-OH is 1. The van der Waals surface area contributed by atoms with E-state index in [1.165, 1.54) is 5.56 Å². The number of benzene rings is 1. The molecule has 0 aliphatic carbocycles. The van der Waals surface area contributed by atoms with Gasteiger partial charge in [0.25, 0.3) is 0 Å². The molecule has 6 heteroatoms. The average Bonchev–Trinajstić information content (AvgIpc) is 2.62. The van der Waals surface area contributed by atoms with E-state index in [9.17, 15) is 5.11 Å². The van der Waals surface area contributed by atoms with Crippen molar-refractivity contribution in [2.45, 2.75) is 25.7 Å². The summed E-state index contributed by atoms with van der Waals surface area (Å²) < 4.78 is 10.9. The molecule has 1 aliphatic heterocycles. The van der Waals surface area contributed by atoms with Crippen LogP contribution in [0.4, 0.5) is 0 Å². The maximum absolute atomic E-state index is 10.2. The van der Waals surface area contributed by atoms with Crippen molar-refractivity contribution in [3.05, 3.63) is 53.6 Å². The predicted molar refractivity (Wildman–Crippen MR) is 89.7 cm³/mol. The Bertz CT molecular complexity index is 665. The lowest BCUT2D eigenvalue weighted by atomic mass is 10.1. The van der Waals surface area contributed by atoms with E-state index < -0.39 is 6.10 Å². The zero-order valence-corrected chi connectivity index (χ0v) is 13.9. The molecule has 3 rings (SSSR count). The summed E-state index contributed by atoms with van der Waals surface area (Å²) in [4.78, 5) is 10.6. The molecule has 0 amide bonds. The van der Waals surface area contributed by atoms with Crippen molar-refractivity contribution < 1.29 is 14.6 Å². The largest absolute Gasteiger partial charge is 0.496 e. The number of aliphatic hydroxyl groups is 1. The van der Waals surface area contributed by atoms with Gasteiger partial charge in [-0.3, -0.25) is 4.90 Å². The quantitative estimate of drug-likeness (QED) is 0.829. The highest BCUT2D eigenvalue weighted by Crippen LogP contribution is 2.18. The minimum Gasteiger partial charge on any atom is -0.496 e. The van der Waals surface area contributed by atoms with Crippen molar-refractivity contribution >= 4 is 0 Å². The number of rotatable bonds is 7. The van der Waals surface area contributed by atoms with E-state index in [0.717, 1.165) is 36.5 Å². The molecule has 0 bridgehead atoms. The Hall–Kier alpha value is -2.02. The fourth-order valence-corrected chi connectivity index (χ4v) is 2.94. The van der Waals surface area contributed by atoms with Crippen LogP contribution in [0.2, 0.25) is 0 Å². The second kappa shape index (κ2) is 8.19. The number of fused-ring (bicyclic) bond motifs is 1. The van der Waals surface area contributed by atoms with Crippen molar-refractivity contribution in [2.24, 2.45) is 0 Å². The van der Waals surface area contributed by atoms with Crippen LogP contribution in [0, 0.1) is 0 Å². The van der Waals surface area contributed by atoms with Crippen LogP contribution in [0.3, 0.4) is 0 Å². The Morgan fingerprint density at radius 2 is 2.21 bits per heavy atom. The molecule has 128 valence electrons. The Balaban J connectivity index is 1.44. The number of hydrogen-bond acceptors (Lipinski definition) is 6. The third-order valence-electron chi connectivity index (χ3n) is 4.18. The topological polar surface area (TPSA) is 67.7 Å². The molecule has 0 saturated carbocycles. The summed E-state index contributed by atoms with van der Waals surface area (Å²) in [5.74, 6) is 0.805. The van der Waals surface area contributed by atoms with Crippen LogP contribution in [0.25, 0.3) is 0 Å². The summed E-state index contributed by atoms with van der Waals surface area (Å²) in [5, 5.41) is 10.2. The van der Waals surface area contributed by atoms with Crippen LogP contribution in [0.5, 0.6) is 5.75 Å². The molecule has 0 saturated heterocycles. The van der Waals surface area contributed by atoms with Crippen molar-refractivity contribution in [3.8, 4) is 5.75 Å². The van der Waals surface area contributed by atoms with Crippen LogP contribution >= 0.6 is 0 Å². The van der Waals surface area contributed by atoms with E-state index >= 15 is 0 Å². The first kappa shape index (κ1) is 16.8. The van der Waals surface area contributed by atoms with E-state index in [2.05, 4.69) is 14.9 Å². The highest BCUT2D eigenvalue weighted by molar-refractivity contribution is 5.32. The lowest BCUT2D eigenvalue weighted by molar-refractivity contribution is 0.00702.